The lowest BCUT2D eigenvalue weighted by molar-refractivity contribution is 0.0671. The lowest BCUT2D eigenvalue weighted by atomic mass is 10.0. The van der Waals surface area contributed by atoms with E-state index < -0.39 is 0 Å². The molecule has 1 saturated heterocycles. The predicted molar refractivity (Wildman–Crippen MR) is 98.1 cm³/mol. The number of amides is 1. The van der Waals surface area contributed by atoms with Gasteiger partial charge in [-0.15, -0.1) is 5.10 Å². The molecule has 4 rings (SSSR count). The van der Waals surface area contributed by atoms with Gasteiger partial charge in [0.15, 0.2) is 11.5 Å². The minimum Gasteiger partial charge on any atom is -0.337 e. The van der Waals surface area contributed by atoms with E-state index in [1.807, 2.05) is 37.1 Å². The maximum Gasteiger partial charge on any atom is 0.280 e. The number of piperidine rings is 1. The zero-order valence-electron chi connectivity index (χ0n) is 15.7. The van der Waals surface area contributed by atoms with E-state index in [4.69, 9.17) is 4.52 Å². The van der Waals surface area contributed by atoms with Gasteiger partial charge in [0.2, 0.25) is 0 Å². The summed E-state index contributed by atoms with van der Waals surface area (Å²) in [6.45, 7) is 7.15. The minimum absolute atomic E-state index is 0.0689. The van der Waals surface area contributed by atoms with Crippen LogP contribution < -0.4 is 0 Å². The Morgan fingerprint density at radius 1 is 1.19 bits per heavy atom. The zero-order valence-corrected chi connectivity index (χ0v) is 15.7. The first-order valence-electron chi connectivity index (χ1n) is 9.09. The van der Waals surface area contributed by atoms with Crippen LogP contribution in [0.4, 0.5) is 0 Å². The Labute approximate surface area is 157 Å². The minimum atomic E-state index is 0.0689. The summed E-state index contributed by atoms with van der Waals surface area (Å²) in [7, 11) is 0. The molecule has 2 aromatic heterocycles. The van der Waals surface area contributed by atoms with E-state index in [-0.39, 0.29) is 11.9 Å². The number of rotatable bonds is 3. The average Bonchev–Trinajstić information content (AvgIpc) is 3.29. The highest BCUT2D eigenvalue weighted by molar-refractivity contribution is 5.94. The van der Waals surface area contributed by atoms with Crippen molar-refractivity contribution < 1.29 is 9.32 Å². The Balaban J connectivity index is 1.51. The van der Waals surface area contributed by atoms with Crippen LogP contribution in [0.3, 0.4) is 0 Å². The van der Waals surface area contributed by atoms with Crippen LogP contribution >= 0.6 is 0 Å². The van der Waals surface area contributed by atoms with Crippen molar-refractivity contribution in [3.8, 4) is 11.6 Å². The van der Waals surface area contributed by atoms with Crippen molar-refractivity contribution in [3.63, 3.8) is 0 Å². The van der Waals surface area contributed by atoms with Gasteiger partial charge < -0.3 is 9.42 Å². The van der Waals surface area contributed by atoms with E-state index in [1.165, 1.54) is 0 Å². The van der Waals surface area contributed by atoms with Gasteiger partial charge in [-0.3, -0.25) is 4.79 Å². The van der Waals surface area contributed by atoms with Crippen molar-refractivity contribution >= 4 is 5.91 Å². The summed E-state index contributed by atoms with van der Waals surface area (Å²) in [5.41, 5.74) is 3.49. The number of hydrogen-bond donors (Lipinski definition) is 0. The molecule has 3 heterocycles. The summed E-state index contributed by atoms with van der Waals surface area (Å²) < 4.78 is 6.95. The SMILES string of the molecule is Cc1cc(C)cc(C(=O)N2CCC[C@@H](n3cc(-c4nc(C)no4)nn3)C2)c1. The van der Waals surface area contributed by atoms with Gasteiger partial charge in [0.1, 0.15) is 0 Å². The second-order valence-corrected chi connectivity index (χ2v) is 7.15. The summed E-state index contributed by atoms with van der Waals surface area (Å²) in [6, 6.07) is 6.06. The summed E-state index contributed by atoms with van der Waals surface area (Å²) in [5, 5.41) is 12.1. The average molecular weight is 366 g/mol. The van der Waals surface area contributed by atoms with Crippen LogP contribution in [0.25, 0.3) is 11.6 Å². The lowest BCUT2D eigenvalue weighted by Crippen LogP contribution is -2.40. The third kappa shape index (κ3) is 3.60. The van der Waals surface area contributed by atoms with Crippen LogP contribution in [0.15, 0.2) is 28.9 Å². The van der Waals surface area contributed by atoms with Gasteiger partial charge in [0, 0.05) is 18.7 Å². The number of carbonyl (C=O) groups excluding carboxylic acids is 1. The van der Waals surface area contributed by atoms with Crippen LogP contribution in [0.2, 0.25) is 0 Å². The highest BCUT2D eigenvalue weighted by Crippen LogP contribution is 2.24. The molecule has 1 aliphatic heterocycles. The smallest absolute Gasteiger partial charge is 0.280 e. The molecule has 0 saturated carbocycles. The molecule has 1 aliphatic rings. The second kappa shape index (κ2) is 6.94. The van der Waals surface area contributed by atoms with E-state index >= 15 is 0 Å². The third-order valence-corrected chi connectivity index (χ3v) is 4.78. The molecule has 1 atom stereocenters. The standard InChI is InChI=1S/C19H22N6O2/c1-12-7-13(2)9-15(8-12)19(26)24-6-4-5-16(10-24)25-11-17(21-23-25)18-20-14(3)22-27-18/h7-9,11,16H,4-6,10H2,1-3H3/t16-/m1/s1. The normalized spacial score (nSPS) is 17.3. The number of aromatic nitrogens is 5. The van der Waals surface area contributed by atoms with Gasteiger partial charge in [0.25, 0.3) is 11.8 Å². The Morgan fingerprint density at radius 2 is 1.96 bits per heavy atom. The maximum absolute atomic E-state index is 13.0. The number of aryl methyl sites for hydroxylation is 3. The molecule has 3 aromatic rings. The summed E-state index contributed by atoms with van der Waals surface area (Å²) >= 11 is 0. The van der Waals surface area contributed by atoms with Crippen molar-refractivity contribution in [2.45, 2.75) is 39.7 Å². The summed E-state index contributed by atoms with van der Waals surface area (Å²) in [5.74, 6) is 0.986. The number of hydrogen-bond acceptors (Lipinski definition) is 6. The second-order valence-electron chi connectivity index (χ2n) is 7.15. The van der Waals surface area contributed by atoms with E-state index in [0.29, 0.717) is 24.0 Å². The molecule has 8 nitrogen and oxygen atoms in total. The quantitative estimate of drug-likeness (QED) is 0.708. The molecule has 8 heteroatoms. The van der Waals surface area contributed by atoms with Gasteiger partial charge >= 0.3 is 0 Å². The Kier molecular flexibility index (Phi) is 4.47. The third-order valence-electron chi connectivity index (χ3n) is 4.78. The first kappa shape index (κ1) is 17.4. The highest BCUT2D eigenvalue weighted by atomic mass is 16.5. The highest BCUT2D eigenvalue weighted by Gasteiger charge is 2.27. The lowest BCUT2D eigenvalue weighted by Gasteiger charge is -2.32. The van der Waals surface area contributed by atoms with Gasteiger partial charge in [-0.1, -0.05) is 27.6 Å². The van der Waals surface area contributed by atoms with Crippen LogP contribution in [0, 0.1) is 20.8 Å². The molecule has 0 radical (unpaired) electrons. The van der Waals surface area contributed by atoms with Crippen LogP contribution in [0.1, 0.15) is 46.2 Å². The number of benzene rings is 1. The summed E-state index contributed by atoms with van der Waals surface area (Å²) in [6.07, 6.45) is 3.68. The van der Waals surface area contributed by atoms with Crippen molar-refractivity contribution in [2.24, 2.45) is 0 Å². The van der Waals surface area contributed by atoms with Gasteiger partial charge in [-0.05, 0) is 45.7 Å². The molecule has 27 heavy (non-hydrogen) atoms. The fourth-order valence-electron chi connectivity index (χ4n) is 3.59. The van der Waals surface area contributed by atoms with E-state index in [2.05, 4.69) is 26.5 Å². The number of nitrogens with zero attached hydrogens (tertiary/aromatic N) is 6. The number of likely N-dealkylation sites (tertiary alicyclic amines) is 1. The molecule has 0 spiro atoms. The molecule has 0 bridgehead atoms. The first-order valence-corrected chi connectivity index (χ1v) is 9.09. The van der Waals surface area contributed by atoms with Crippen LogP contribution in [-0.4, -0.2) is 49.0 Å². The van der Waals surface area contributed by atoms with E-state index in [9.17, 15) is 4.79 Å². The zero-order chi connectivity index (χ0) is 19.0. The molecular formula is C19H22N6O2. The Morgan fingerprint density at radius 3 is 2.67 bits per heavy atom. The van der Waals surface area contributed by atoms with Crippen molar-refractivity contribution in [2.75, 3.05) is 13.1 Å². The van der Waals surface area contributed by atoms with Crippen LogP contribution in [-0.2, 0) is 0 Å². The van der Waals surface area contributed by atoms with Crippen molar-refractivity contribution in [1.29, 1.82) is 0 Å². The summed E-state index contributed by atoms with van der Waals surface area (Å²) in [4.78, 5) is 19.0. The van der Waals surface area contributed by atoms with Crippen molar-refractivity contribution in [1.82, 2.24) is 30.0 Å². The van der Waals surface area contributed by atoms with E-state index in [0.717, 1.165) is 36.1 Å². The van der Waals surface area contributed by atoms with E-state index in [1.54, 1.807) is 11.6 Å². The number of carbonyl (C=O) groups is 1. The monoisotopic (exact) mass is 366 g/mol. The van der Waals surface area contributed by atoms with Crippen molar-refractivity contribution in [3.05, 3.63) is 46.9 Å². The Bertz CT molecular complexity index is 956. The first-order chi connectivity index (χ1) is 13.0. The van der Waals surface area contributed by atoms with Gasteiger partial charge in [-0.25, -0.2) is 4.68 Å². The molecule has 1 fully saturated rings. The largest absolute Gasteiger partial charge is 0.337 e. The molecule has 1 amide bonds. The molecule has 0 aliphatic carbocycles. The molecule has 140 valence electrons. The Hall–Kier alpha value is -3.03. The molecule has 1 aromatic carbocycles. The van der Waals surface area contributed by atoms with Gasteiger partial charge in [0.05, 0.1) is 12.2 Å². The topological polar surface area (TPSA) is 89.9 Å². The molecular weight excluding hydrogens is 344 g/mol. The maximum atomic E-state index is 13.0. The predicted octanol–water partition coefficient (Wildman–Crippen LogP) is 2.73. The fourth-order valence-corrected chi connectivity index (χ4v) is 3.59. The molecule has 0 N–H and O–H groups in total. The van der Waals surface area contributed by atoms with Gasteiger partial charge in [-0.2, -0.15) is 4.98 Å². The molecule has 0 unspecified atom stereocenters. The fraction of sp³-hybridized carbons (Fsp3) is 0.421. The van der Waals surface area contributed by atoms with Crippen LogP contribution in [0.5, 0.6) is 0 Å².